The minimum absolute atomic E-state index is 0.0488. The minimum atomic E-state index is -0.455. The number of ether oxygens (including phenoxy) is 1. The molecule has 112 valence electrons. The minimum Gasteiger partial charge on any atom is -0.444 e. The van der Waals surface area contributed by atoms with Gasteiger partial charge >= 0.3 is 6.09 Å². The van der Waals surface area contributed by atoms with E-state index in [0.29, 0.717) is 12.5 Å². The summed E-state index contributed by atoms with van der Waals surface area (Å²) >= 11 is 0. The number of carbonyl (C=O) groups is 1. The van der Waals surface area contributed by atoms with Crippen LogP contribution in [0.2, 0.25) is 0 Å². The zero-order valence-corrected chi connectivity index (χ0v) is 12.9. The largest absolute Gasteiger partial charge is 0.444 e. The molecule has 1 rings (SSSR count). The summed E-state index contributed by atoms with van der Waals surface area (Å²) in [5, 5.41) is 2.94. The summed E-state index contributed by atoms with van der Waals surface area (Å²) in [6.45, 7) is 8.36. The van der Waals surface area contributed by atoms with Crippen molar-refractivity contribution in [2.45, 2.75) is 71.4 Å². The lowest BCUT2D eigenvalue weighted by Crippen LogP contribution is -2.47. The number of hydrogen-bond donors (Lipinski definition) is 2. The first-order chi connectivity index (χ1) is 8.85. The maximum Gasteiger partial charge on any atom is 0.407 e. The van der Waals surface area contributed by atoms with Gasteiger partial charge in [-0.2, -0.15) is 0 Å². The third-order valence-electron chi connectivity index (χ3n) is 3.99. The van der Waals surface area contributed by atoms with Crippen molar-refractivity contribution in [1.82, 2.24) is 5.32 Å². The van der Waals surface area contributed by atoms with Crippen LogP contribution < -0.4 is 11.1 Å². The Labute approximate surface area is 117 Å². The fourth-order valence-electron chi connectivity index (χ4n) is 2.83. The highest BCUT2D eigenvalue weighted by Gasteiger charge is 2.28. The van der Waals surface area contributed by atoms with Crippen molar-refractivity contribution < 1.29 is 9.53 Å². The number of hydrogen-bond acceptors (Lipinski definition) is 3. The predicted molar refractivity (Wildman–Crippen MR) is 78.0 cm³/mol. The van der Waals surface area contributed by atoms with Crippen LogP contribution in [0.15, 0.2) is 0 Å². The van der Waals surface area contributed by atoms with Gasteiger partial charge in [0.15, 0.2) is 0 Å². The molecule has 1 saturated carbocycles. The van der Waals surface area contributed by atoms with Crippen LogP contribution in [0.1, 0.15) is 59.8 Å². The Balaban J connectivity index is 2.43. The van der Waals surface area contributed by atoms with E-state index in [9.17, 15) is 4.79 Å². The normalized spacial score (nSPS) is 25.7. The van der Waals surface area contributed by atoms with Crippen LogP contribution in [-0.4, -0.2) is 24.3 Å². The van der Waals surface area contributed by atoms with E-state index in [1.807, 2.05) is 20.8 Å². The molecular formula is C15H30N2O2. The molecule has 0 heterocycles. The van der Waals surface area contributed by atoms with E-state index in [0.717, 1.165) is 18.8 Å². The molecule has 0 aliphatic heterocycles. The van der Waals surface area contributed by atoms with Crippen molar-refractivity contribution in [2.24, 2.45) is 17.6 Å². The Morgan fingerprint density at radius 2 is 1.89 bits per heavy atom. The molecule has 1 amide bonds. The lowest BCUT2D eigenvalue weighted by atomic mass is 9.77. The van der Waals surface area contributed by atoms with Crippen molar-refractivity contribution in [3.05, 3.63) is 0 Å². The van der Waals surface area contributed by atoms with Crippen LogP contribution in [0.25, 0.3) is 0 Å². The van der Waals surface area contributed by atoms with Crippen molar-refractivity contribution in [3.8, 4) is 0 Å². The standard InChI is InChI=1S/C15H30N2O2/c1-5-11-6-8-12(9-7-11)13(10-16)17-14(18)19-15(2,3)4/h11-13H,5-10,16H2,1-4H3,(H,17,18). The van der Waals surface area contributed by atoms with E-state index >= 15 is 0 Å². The van der Waals surface area contributed by atoms with Gasteiger partial charge in [0.2, 0.25) is 0 Å². The highest BCUT2D eigenvalue weighted by molar-refractivity contribution is 5.68. The van der Waals surface area contributed by atoms with Gasteiger partial charge in [-0.25, -0.2) is 4.79 Å². The summed E-state index contributed by atoms with van der Waals surface area (Å²) < 4.78 is 5.30. The lowest BCUT2D eigenvalue weighted by molar-refractivity contribution is 0.0475. The van der Waals surface area contributed by atoms with E-state index in [1.54, 1.807) is 0 Å². The topological polar surface area (TPSA) is 64.3 Å². The Kier molecular flexibility index (Phi) is 6.11. The molecule has 1 fully saturated rings. The van der Waals surface area contributed by atoms with Crippen molar-refractivity contribution >= 4 is 6.09 Å². The summed E-state index contributed by atoms with van der Waals surface area (Å²) in [5.74, 6) is 1.36. The zero-order chi connectivity index (χ0) is 14.5. The van der Waals surface area contributed by atoms with Gasteiger partial charge in [-0.3, -0.25) is 0 Å². The van der Waals surface area contributed by atoms with Crippen LogP contribution in [-0.2, 0) is 4.74 Å². The van der Waals surface area contributed by atoms with Gasteiger partial charge in [0, 0.05) is 12.6 Å². The highest BCUT2D eigenvalue weighted by atomic mass is 16.6. The first kappa shape index (κ1) is 16.3. The molecule has 3 N–H and O–H groups in total. The van der Waals surface area contributed by atoms with Crippen molar-refractivity contribution in [1.29, 1.82) is 0 Å². The number of carbonyl (C=O) groups excluding carboxylic acids is 1. The molecule has 1 unspecified atom stereocenters. The second-order valence-electron chi connectivity index (χ2n) is 6.68. The molecular weight excluding hydrogens is 240 g/mol. The maximum absolute atomic E-state index is 11.8. The third kappa shape index (κ3) is 5.81. The van der Waals surface area contributed by atoms with Gasteiger partial charge in [-0.15, -0.1) is 0 Å². The van der Waals surface area contributed by atoms with Gasteiger partial charge in [-0.1, -0.05) is 26.2 Å². The van der Waals surface area contributed by atoms with Gasteiger partial charge in [0.25, 0.3) is 0 Å². The second-order valence-corrected chi connectivity index (χ2v) is 6.68. The number of amides is 1. The Morgan fingerprint density at radius 1 is 1.32 bits per heavy atom. The molecule has 1 aliphatic rings. The molecule has 0 spiro atoms. The fraction of sp³-hybridized carbons (Fsp3) is 0.933. The van der Waals surface area contributed by atoms with Crippen molar-refractivity contribution in [3.63, 3.8) is 0 Å². The number of alkyl carbamates (subject to hydrolysis) is 1. The number of nitrogens with two attached hydrogens (primary N) is 1. The van der Waals surface area contributed by atoms with E-state index in [4.69, 9.17) is 10.5 Å². The molecule has 1 atom stereocenters. The SMILES string of the molecule is CCC1CCC(C(CN)NC(=O)OC(C)(C)C)CC1. The summed E-state index contributed by atoms with van der Waals surface area (Å²) in [5.41, 5.74) is 5.36. The van der Waals surface area contributed by atoms with E-state index in [1.165, 1.54) is 19.3 Å². The van der Waals surface area contributed by atoms with E-state index < -0.39 is 5.60 Å². The molecule has 0 radical (unpaired) electrons. The van der Waals surface area contributed by atoms with Gasteiger partial charge in [0.05, 0.1) is 0 Å². The van der Waals surface area contributed by atoms with Gasteiger partial charge < -0.3 is 15.8 Å². The first-order valence-electron chi connectivity index (χ1n) is 7.55. The Bertz CT molecular complexity index is 278. The van der Waals surface area contributed by atoms with Gasteiger partial charge in [-0.05, 0) is 45.4 Å². The molecule has 0 aromatic heterocycles. The molecule has 19 heavy (non-hydrogen) atoms. The van der Waals surface area contributed by atoms with Crippen LogP contribution in [0.4, 0.5) is 4.79 Å². The number of rotatable bonds is 4. The van der Waals surface area contributed by atoms with E-state index in [2.05, 4.69) is 12.2 Å². The zero-order valence-electron chi connectivity index (χ0n) is 12.9. The second kappa shape index (κ2) is 7.13. The predicted octanol–water partition coefficient (Wildman–Crippen LogP) is 3.05. The molecule has 4 nitrogen and oxygen atoms in total. The van der Waals surface area contributed by atoms with E-state index in [-0.39, 0.29) is 12.1 Å². The van der Waals surface area contributed by atoms with Crippen molar-refractivity contribution in [2.75, 3.05) is 6.54 Å². The molecule has 0 aromatic carbocycles. The van der Waals surface area contributed by atoms with Crippen LogP contribution in [0.5, 0.6) is 0 Å². The summed E-state index contributed by atoms with van der Waals surface area (Å²) in [4.78, 5) is 11.8. The average Bonchev–Trinajstić information content (AvgIpc) is 2.34. The van der Waals surface area contributed by atoms with Crippen LogP contribution in [0.3, 0.4) is 0 Å². The first-order valence-corrected chi connectivity index (χ1v) is 7.55. The van der Waals surface area contributed by atoms with Crippen LogP contribution in [0, 0.1) is 11.8 Å². The summed E-state index contributed by atoms with van der Waals surface area (Å²) in [6.07, 6.45) is 5.76. The Hall–Kier alpha value is -0.770. The molecule has 0 bridgehead atoms. The summed E-state index contributed by atoms with van der Waals surface area (Å²) in [6, 6.07) is 0.0488. The third-order valence-corrected chi connectivity index (χ3v) is 3.99. The number of nitrogens with one attached hydrogen (secondary N) is 1. The molecule has 0 saturated heterocycles. The van der Waals surface area contributed by atoms with Crippen LogP contribution >= 0.6 is 0 Å². The summed E-state index contributed by atoms with van der Waals surface area (Å²) in [7, 11) is 0. The lowest BCUT2D eigenvalue weighted by Gasteiger charge is -2.33. The highest BCUT2D eigenvalue weighted by Crippen LogP contribution is 2.32. The molecule has 4 heteroatoms. The fourth-order valence-corrected chi connectivity index (χ4v) is 2.83. The average molecular weight is 270 g/mol. The maximum atomic E-state index is 11.8. The monoisotopic (exact) mass is 270 g/mol. The Morgan fingerprint density at radius 3 is 2.32 bits per heavy atom. The quantitative estimate of drug-likeness (QED) is 0.825. The molecule has 1 aliphatic carbocycles. The van der Waals surface area contributed by atoms with Gasteiger partial charge in [0.1, 0.15) is 5.60 Å². The molecule has 0 aromatic rings. The smallest absolute Gasteiger partial charge is 0.407 e.